The molecule has 0 spiro atoms. The molecule has 4 aromatic rings. The summed E-state index contributed by atoms with van der Waals surface area (Å²) in [5, 5.41) is 6.35. The van der Waals surface area contributed by atoms with Crippen LogP contribution >= 0.6 is 0 Å². The number of benzene rings is 2. The van der Waals surface area contributed by atoms with Crippen molar-refractivity contribution in [3.63, 3.8) is 0 Å². The second kappa shape index (κ2) is 5.10. The van der Waals surface area contributed by atoms with Crippen molar-refractivity contribution in [2.75, 3.05) is 16.8 Å². The zero-order valence-electron chi connectivity index (χ0n) is 12.2. The van der Waals surface area contributed by atoms with Crippen molar-refractivity contribution in [1.82, 2.24) is 15.0 Å². The summed E-state index contributed by atoms with van der Waals surface area (Å²) in [6, 6.07) is 16.2. The highest BCUT2D eigenvalue weighted by Crippen LogP contribution is 2.28. The summed E-state index contributed by atoms with van der Waals surface area (Å²) in [5.41, 5.74) is 13.8. The summed E-state index contributed by atoms with van der Waals surface area (Å²) in [4.78, 5) is 12.4. The number of pyridine rings is 1. The fourth-order valence-corrected chi connectivity index (χ4v) is 2.61. The molecule has 2 heterocycles. The predicted octanol–water partition coefficient (Wildman–Crippen LogP) is 3.09. The highest BCUT2D eigenvalue weighted by molar-refractivity contribution is 5.96. The maximum atomic E-state index is 5.91. The number of nitrogens with zero attached hydrogens (tertiary/aromatic N) is 3. The molecule has 0 bridgehead atoms. The predicted molar refractivity (Wildman–Crippen MR) is 93.4 cm³/mol. The number of nitrogen functional groups attached to an aromatic ring is 2. The number of anilines is 4. The van der Waals surface area contributed by atoms with Crippen LogP contribution in [0, 0.1) is 0 Å². The highest BCUT2D eigenvalue weighted by Gasteiger charge is 2.07. The molecule has 0 aliphatic carbocycles. The first kappa shape index (κ1) is 13.3. The monoisotopic (exact) mass is 302 g/mol. The highest BCUT2D eigenvalue weighted by atomic mass is 15.1. The molecule has 0 aliphatic rings. The summed E-state index contributed by atoms with van der Waals surface area (Å²) < 4.78 is 0. The Morgan fingerprint density at radius 2 is 1.70 bits per heavy atom. The first-order chi connectivity index (χ1) is 11.2. The Morgan fingerprint density at radius 3 is 2.61 bits per heavy atom. The minimum Gasteiger partial charge on any atom is -0.383 e. The van der Waals surface area contributed by atoms with Gasteiger partial charge in [-0.1, -0.05) is 36.4 Å². The van der Waals surface area contributed by atoms with Crippen LogP contribution in [-0.2, 0) is 0 Å². The van der Waals surface area contributed by atoms with Crippen molar-refractivity contribution in [1.29, 1.82) is 0 Å². The lowest BCUT2D eigenvalue weighted by Crippen LogP contribution is -2.02. The van der Waals surface area contributed by atoms with E-state index >= 15 is 0 Å². The maximum Gasteiger partial charge on any atom is 0.224 e. The number of rotatable bonds is 2. The van der Waals surface area contributed by atoms with Gasteiger partial charge in [-0.2, -0.15) is 9.97 Å². The van der Waals surface area contributed by atoms with Gasteiger partial charge in [0.05, 0.1) is 17.3 Å². The summed E-state index contributed by atoms with van der Waals surface area (Å²) >= 11 is 0. The number of aromatic nitrogens is 3. The van der Waals surface area contributed by atoms with Crippen LogP contribution in [0.1, 0.15) is 0 Å². The summed E-state index contributed by atoms with van der Waals surface area (Å²) in [6.07, 6.45) is 1.70. The van der Waals surface area contributed by atoms with E-state index in [9.17, 15) is 0 Å². The average Bonchev–Trinajstić information content (AvgIpc) is 2.56. The van der Waals surface area contributed by atoms with Crippen LogP contribution in [0.3, 0.4) is 0 Å². The van der Waals surface area contributed by atoms with E-state index in [0.717, 1.165) is 16.8 Å². The van der Waals surface area contributed by atoms with E-state index in [0.29, 0.717) is 16.9 Å². The van der Waals surface area contributed by atoms with Crippen LogP contribution in [0.5, 0.6) is 0 Å². The van der Waals surface area contributed by atoms with Crippen molar-refractivity contribution >= 4 is 44.9 Å². The Balaban J connectivity index is 1.80. The molecule has 0 fully saturated rings. The van der Waals surface area contributed by atoms with E-state index < -0.39 is 0 Å². The van der Waals surface area contributed by atoms with E-state index in [2.05, 4.69) is 38.5 Å². The Bertz CT molecular complexity index is 1020. The van der Waals surface area contributed by atoms with E-state index in [-0.39, 0.29) is 5.95 Å². The van der Waals surface area contributed by atoms with Gasteiger partial charge in [-0.05, 0) is 17.5 Å². The largest absolute Gasteiger partial charge is 0.383 e. The molecule has 0 saturated heterocycles. The van der Waals surface area contributed by atoms with Gasteiger partial charge in [0.25, 0.3) is 0 Å². The molecule has 23 heavy (non-hydrogen) atoms. The number of nitrogens with one attached hydrogen (secondary N) is 1. The molecule has 6 heteroatoms. The number of nitrogens with two attached hydrogens (primary N) is 2. The van der Waals surface area contributed by atoms with Gasteiger partial charge in [0.2, 0.25) is 5.95 Å². The molecule has 5 N–H and O–H groups in total. The third kappa shape index (κ3) is 2.36. The quantitative estimate of drug-likeness (QED) is 0.526. The van der Waals surface area contributed by atoms with E-state index in [1.807, 2.05) is 30.3 Å². The van der Waals surface area contributed by atoms with Crippen LogP contribution in [0.4, 0.5) is 23.1 Å². The van der Waals surface area contributed by atoms with Gasteiger partial charge in [0, 0.05) is 11.1 Å². The van der Waals surface area contributed by atoms with Crippen LogP contribution < -0.4 is 16.8 Å². The molecule has 4 rings (SSSR count). The van der Waals surface area contributed by atoms with Crippen LogP contribution in [0.25, 0.3) is 21.8 Å². The molecule has 0 unspecified atom stereocenters. The van der Waals surface area contributed by atoms with Gasteiger partial charge < -0.3 is 16.8 Å². The molecule has 2 aromatic carbocycles. The van der Waals surface area contributed by atoms with Crippen molar-refractivity contribution in [2.45, 2.75) is 0 Å². The molecule has 0 radical (unpaired) electrons. The molecular weight excluding hydrogens is 288 g/mol. The number of hydrogen-bond acceptors (Lipinski definition) is 6. The minimum atomic E-state index is 0.122. The van der Waals surface area contributed by atoms with Crippen molar-refractivity contribution in [2.24, 2.45) is 0 Å². The number of hydrogen-bond donors (Lipinski definition) is 3. The normalized spacial score (nSPS) is 11.0. The van der Waals surface area contributed by atoms with Gasteiger partial charge in [-0.3, -0.25) is 0 Å². The molecule has 6 nitrogen and oxygen atoms in total. The Labute approximate surface area is 132 Å². The Hall–Kier alpha value is -3.41. The molecule has 0 saturated carbocycles. The van der Waals surface area contributed by atoms with Crippen LogP contribution in [0.15, 0.2) is 54.7 Å². The van der Waals surface area contributed by atoms with E-state index in [4.69, 9.17) is 11.5 Å². The smallest absolute Gasteiger partial charge is 0.224 e. The molecule has 0 atom stereocenters. The average molecular weight is 302 g/mol. The lowest BCUT2D eigenvalue weighted by Gasteiger charge is -2.10. The number of fused-ring (bicyclic) bond motifs is 2. The fourth-order valence-electron chi connectivity index (χ4n) is 2.61. The third-order valence-electron chi connectivity index (χ3n) is 3.67. The second-order valence-corrected chi connectivity index (χ2v) is 5.21. The van der Waals surface area contributed by atoms with E-state index in [1.54, 1.807) is 6.20 Å². The Kier molecular flexibility index (Phi) is 2.94. The first-order valence-corrected chi connectivity index (χ1v) is 7.14. The van der Waals surface area contributed by atoms with Gasteiger partial charge in [0.1, 0.15) is 5.82 Å². The van der Waals surface area contributed by atoms with E-state index in [1.165, 1.54) is 5.39 Å². The van der Waals surface area contributed by atoms with Crippen LogP contribution in [0.2, 0.25) is 0 Å². The molecule has 2 aromatic heterocycles. The van der Waals surface area contributed by atoms with Gasteiger partial charge in [-0.15, -0.1) is 0 Å². The van der Waals surface area contributed by atoms with Crippen molar-refractivity contribution in [3.05, 3.63) is 54.7 Å². The van der Waals surface area contributed by atoms with Crippen molar-refractivity contribution in [3.8, 4) is 0 Å². The van der Waals surface area contributed by atoms with Gasteiger partial charge in [-0.25, -0.2) is 4.98 Å². The molecular formula is C17H14N6. The Morgan fingerprint density at radius 1 is 0.870 bits per heavy atom. The summed E-state index contributed by atoms with van der Waals surface area (Å²) in [7, 11) is 0. The first-order valence-electron chi connectivity index (χ1n) is 7.14. The maximum absolute atomic E-state index is 5.91. The summed E-state index contributed by atoms with van der Waals surface area (Å²) in [5.74, 6) is 0.443. The topological polar surface area (TPSA) is 103 Å². The second-order valence-electron chi connectivity index (χ2n) is 5.21. The third-order valence-corrected chi connectivity index (χ3v) is 3.67. The van der Waals surface area contributed by atoms with Gasteiger partial charge in [0.15, 0.2) is 5.65 Å². The lowest BCUT2D eigenvalue weighted by atomic mass is 10.1. The summed E-state index contributed by atoms with van der Waals surface area (Å²) in [6.45, 7) is 0. The minimum absolute atomic E-state index is 0.122. The molecule has 0 amide bonds. The molecule has 0 aliphatic heterocycles. The lowest BCUT2D eigenvalue weighted by molar-refractivity contribution is 1.20. The fraction of sp³-hybridized carbons (Fsp3) is 0. The standard InChI is InChI=1S/C17H14N6/c18-15-13-8-11(9-20-16(13)23-17(19)22-15)21-14-7-3-5-10-4-1-2-6-12(10)14/h1-9,21H,(H4,18,19,20,22,23). The zero-order valence-corrected chi connectivity index (χ0v) is 12.2. The van der Waals surface area contributed by atoms with Crippen molar-refractivity contribution < 1.29 is 0 Å². The molecule has 112 valence electrons. The van der Waals surface area contributed by atoms with Gasteiger partial charge >= 0.3 is 0 Å². The van der Waals surface area contributed by atoms with Crippen LogP contribution in [-0.4, -0.2) is 15.0 Å². The zero-order chi connectivity index (χ0) is 15.8. The SMILES string of the molecule is Nc1nc(N)c2cc(Nc3cccc4ccccc34)cnc2n1.